The predicted octanol–water partition coefficient (Wildman–Crippen LogP) is 6.90. The van der Waals surface area contributed by atoms with Crippen LogP contribution >= 0.6 is 11.3 Å². The van der Waals surface area contributed by atoms with E-state index >= 15 is 0 Å². The SMILES string of the molecule is C[C@H]1CC[C@H](C(=O)N(CC2CCOCC2)c2cc(-c3ccc(-c4nc5ncccc5o4)cc3)sc2C(=O)O)CC1. The Hall–Kier alpha value is -3.56. The molecule has 2 aliphatic rings. The van der Waals surface area contributed by atoms with E-state index < -0.39 is 5.97 Å². The molecule has 1 aliphatic carbocycles. The summed E-state index contributed by atoms with van der Waals surface area (Å²) in [5.74, 6) is 0.383. The van der Waals surface area contributed by atoms with E-state index in [1.165, 1.54) is 11.3 Å². The van der Waals surface area contributed by atoms with Gasteiger partial charge in [0.05, 0.1) is 5.69 Å². The number of benzene rings is 1. The van der Waals surface area contributed by atoms with Gasteiger partial charge in [0, 0.05) is 42.3 Å². The van der Waals surface area contributed by atoms with Crippen LogP contribution in [-0.2, 0) is 9.53 Å². The summed E-state index contributed by atoms with van der Waals surface area (Å²) < 4.78 is 11.4. The molecule has 1 saturated heterocycles. The van der Waals surface area contributed by atoms with Gasteiger partial charge in [0.25, 0.3) is 0 Å². The van der Waals surface area contributed by atoms with E-state index in [0.717, 1.165) is 54.5 Å². The van der Waals surface area contributed by atoms with Crippen LogP contribution in [0.2, 0.25) is 0 Å². The molecular formula is C31H33N3O5S. The highest BCUT2D eigenvalue weighted by Gasteiger charge is 2.33. The first-order chi connectivity index (χ1) is 19.5. The van der Waals surface area contributed by atoms with E-state index in [4.69, 9.17) is 9.15 Å². The van der Waals surface area contributed by atoms with Crippen LogP contribution in [0.3, 0.4) is 0 Å². The highest BCUT2D eigenvalue weighted by Crippen LogP contribution is 2.40. The number of carboxylic acid groups (broad SMARTS) is 1. The number of amides is 1. The summed E-state index contributed by atoms with van der Waals surface area (Å²) in [5.41, 5.74) is 3.37. The van der Waals surface area contributed by atoms with Gasteiger partial charge in [-0.1, -0.05) is 19.1 Å². The van der Waals surface area contributed by atoms with Gasteiger partial charge in [-0.25, -0.2) is 9.78 Å². The third kappa shape index (κ3) is 5.53. The second-order valence-corrected chi connectivity index (χ2v) is 12.1. The van der Waals surface area contributed by atoms with E-state index in [2.05, 4.69) is 16.9 Å². The monoisotopic (exact) mass is 559 g/mol. The summed E-state index contributed by atoms with van der Waals surface area (Å²) >= 11 is 1.21. The summed E-state index contributed by atoms with van der Waals surface area (Å²) in [6, 6.07) is 13.2. The molecule has 1 amide bonds. The van der Waals surface area contributed by atoms with E-state index in [-0.39, 0.29) is 22.6 Å². The highest BCUT2D eigenvalue weighted by molar-refractivity contribution is 7.18. The van der Waals surface area contributed by atoms with Crippen LogP contribution in [0.15, 0.2) is 53.1 Å². The molecular weight excluding hydrogens is 526 g/mol. The molecule has 9 heteroatoms. The molecule has 0 spiro atoms. The minimum atomic E-state index is -1.01. The molecule has 4 heterocycles. The topological polar surface area (TPSA) is 106 Å². The summed E-state index contributed by atoms with van der Waals surface area (Å²) in [7, 11) is 0. The molecule has 0 unspecified atom stereocenters. The van der Waals surface area contributed by atoms with Crippen LogP contribution in [0.1, 0.15) is 55.1 Å². The molecule has 4 aromatic rings. The fraction of sp³-hybridized carbons (Fsp3) is 0.419. The number of rotatable bonds is 7. The van der Waals surface area contributed by atoms with Crippen LogP contribution < -0.4 is 4.90 Å². The summed E-state index contributed by atoms with van der Waals surface area (Å²) in [6.45, 7) is 4.11. The minimum Gasteiger partial charge on any atom is -0.477 e. The van der Waals surface area contributed by atoms with Crippen molar-refractivity contribution in [2.45, 2.75) is 45.4 Å². The first-order valence-corrected chi connectivity index (χ1v) is 14.9. The van der Waals surface area contributed by atoms with Gasteiger partial charge < -0.3 is 19.2 Å². The normalized spacial score (nSPS) is 20.0. The molecule has 3 aromatic heterocycles. The number of oxazole rings is 1. The molecule has 40 heavy (non-hydrogen) atoms. The summed E-state index contributed by atoms with van der Waals surface area (Å²) in [6.07, 6.45) is 7.20. The number of hydrogen-bond donors (Lipinski definition) is 1. The van der Waals surface area contributed by atoms with E-state index in [0.29, 0.717) is 48.5 Å². The quantitative estimate of drug-likeness (QED) is 0.262. The lowest BCUT2D eigenvalue weighted by atomic mass is 9.82. The Morgan fingerprint density at radius 3 is 2.45 bits per heavy atom. The Balaban J connectivity index is 1.31. The fourth-order valence-corrected chi connectivity index (χ4v) is 6.77. The lowest BCUT2D eigenvalue weighted by molar-refractivity contribution is -0.123. The number of anilines is 1. The van der Waals surface area contributed by atoms with Crippen LogP contribution in [0.4, 0.5) is 5.69 Å². The number of fused-ring (bicyclic) bond motifs is 1. The highest BCUT2D eigenvalue weighted by atomic mass is 32.1. The molecule has 1 saturated carbocycles. The third-order valence-corrected chi connectivity index (χ3v) is 9.35. The fourth-order valence-electron chi connectivity index (χ4n) is 5.77. The van der Waals surface area contributed by atoms with Gasteiger partial charge in [-0.3, -0.25) is 4.79 Å². The van der Waals surface area contributed by atoms with Gasteiger partial charge in [-0.05, 0) is 86.3 Å². The van der Waals surface area contributed by atoms with E-state index in [9.17, 15) is 14.7 Å². The number of aromatic nitrogens is 2. The van der Waals surface area contributed by atoms with Crippen molar-refractivity contribution in [3.05, 3.63) is 53.5 Å². The van der Waals surface area contributed by atoms with Crippen LogP contribution in [0.25, 0.3) is 33.1 Å². The number of carboxylic acids is 1. The first-order valence-electron chi connectivity index (χ1n) is 14.0. The lowest BCUT2D eigenvalue weighted by Crippen LogP contribution is -2.42. The van der Waals surface area contributed by atoms with Crippen LogP contribution in [-0.4, -0.2) is 46.7 Å². The lowest BCUT2D eigenvalue weighted by Gasteiger charge is -2.34. The second-order valence-electron chi connectivity index (χ2n) is 11.0. The molecule has 0 atom stereocenters. The predicted molar refractivity (Wildman–Crippen MR) is 155 cm³/mol. The number of pyridine rings is 1. The molecule has 0 radical (unpaired) electrons. The number of hydrogen-bond acceptors (Lipinski definition) is 7. The third-order valence-electron chi connectivity index (χ3n) is 8.19. The summed E-state index contributed by atoms with van der Waals surface area (Å²) in [5, 5.41) is 10.2. The Bertz CT molecular complexity index is 1460. The van der Waals surface area contributed by atoms with Crippen molar-refractivity contribution in [3.8, 4) is 21.9 Å². The zero-order valence-electron chi connectivity index (χ0n) is 22.5. The van der Waals surface area contributed by atoms with Gasteiger partial charge in [0.15, 0.2) is 11.2 Å². The standard InChI is InChI=1S/C31H33N3O5S/c1-19-4-6-23(7-5-19)30(35)34(18-20-12-15-38-16-13-20)24-17-26(40-27(24)31(36)37)21-8-10-22(11-9-21)29-33-28-25(39-29)3-2-14-32-28/h2-3,8-11,14,17,19-20,23H,4-7,12-13,15-16,18H2,1H3,(H,36,37)/t19-,23-. The molecule has 208 valence electrons. The van der Waals surface area contributed by atoms with Crippen molar-refractivity contribution < 1.29 is 23.8 Å². The second kappa shape index (κ2) is 11.5. The minimum absolute atomic E-state index is 0.0603. The van der Waals surface area contributed by atoms with Gasteiger partial charge in [0.2, 0.25) is 11.8 Å². The van der Waals surface area contributed by atoms with Gasteiger partial charge >= 0.3 is 5.97 Å². The number of ether oxygens (including phenoxy) is 1. The number of nitrogens with zero attached hydrogens (tertiary/aromatic N) is 3. The smallest absolute Gasteiger partial charge is 0.348 e. The van der Waals surface area contributed by atoms with Crippen LogP contribution in [0, 0.1) is 17.8 Å². The molecule has 1 aromatic carbocycles. The maximum absolute atomic E-state index is 14.0. The zero-order valence-corrected chi connectivity index (χ0v) is 23.4. The molecule has 8 nitrogen and oxygen atoms in total. The van der Waals surface area contributed by atoms with E-state index in [1.54, 1.807) is 17.2 Å². The summed E-state index contributed by atoms with van der Waals surface area (Å²) in [4.78, 5) is 37.9. The maximum Gasteiger partial charge on any atom is 0.348 e. The number of carbonyl (C=O) groups is 2. The molecule has 1 aliphatic heterocycles. The first kappa shape index (κ1) is 26.7. The van der Waals surface area contributed by atoms with Crippen LogP contribution in [0.5, 0.6) is 0 Å². The van der Waals surface area contributed by atoms with Crippen molar-refractivity contribution in [3.63, 3.8) is 0 Å². The zero-order chi connectivity index (χ0) is 27.6. The van der Waals surface area contributed by atoms with Gasteiger partial charge in [-0.2, -0.15) is 4.98 Å². The Labute approximate surface area is 237 Å². The number of thiophene rings is 1. The van der Waals surface area contributed by atoms with Crippen molar-refractivity contribution in [2.75, 3.05) is 24.7 Å². The average molecular weight is 560 g/mol. The van der Waals surface area contributed by atoms with Crippen molar-refractivity contribution >= 4 is 40.1 Å². The molecule has 0 bridgehead atoms. The Kier molecular flexibility index (Phi) is 7.67. The Morgan fingerprint density at radius 2 is 1.75 bits per heavy atom. The van der Waals surface area contributed by atoms with Crippen molar-refractivity contribution in [2.24, 2.45) is 17.8 Å². The van der Waals surface area contributed by atoms with Gasteiger partial charge in [0.1, 0.15) is 4.88 Å². The number of aromatic carboxylic acids is 1. The van der Waals surface area contributed by atoms with E-state index in [1.807, 2.05) is 36.4 Å². The molecule has 1 N–H and O–H groups in total. The molecule has 6 rings (SSSR count). The van der Waals surface area contributed by atoms with Crippen molar-refractivity contribution in [1.29, 1.82) is 0 Å². The largest absolute Gasteiger partial charge is 0.477 e. The Morgan fingerprint density at radius 1 is 1.02 bits per heavy atom. The average Bonchev–Trinajstić information content (AvgIpc) is 3.62. The van der Waals surface area contributed by atoms with Gasteiger partial charge in [-0.15, -0.1) is 11.3 Å². The maximum atomic E-state index is 14.0. The van der Waals surface area contributed by atoms with Crippen molar-refractivity contribution in [1.82, 2.24) is 9.97 Å². The number of carbonyl (C=O) groups excluding carboxylic acids is 1. The molecule has 2 fully saturated rings.